The molecule has 1 aliphatic carbocycles. The van der Waals surface area contributed by atoms with Gasteiger partial charge in [0.05, 0.1) is 13.2 Å². The second-order valence-electron chi connectivity index (χ2n) is 5.55. The number of carboxylic acids is 1. The molecule has 6 heteroatoms. The number of carbonyl (C=O) groups is 2. The maximum Gasteiger partial charge on any atom is 0.319 e. The van der Waals surface area contributed by atoms with Gasteiger partial charge in [-0.05, 0) is 30.5 Å². The van der Waals surface area contributed by atoms with Crippen LogP contribution in [0, 0.1) is 11.2 Å². The van der Waals surface area contributed by atoms with Crippen LogP contribution < -0.4 is 0 Å². The van der Waals surface area contributed by atoms with Gasteiger partial charge in [-0.15, -0.1) is 0 Å². The zero-order chi connectivity index (χ0) is 15.0. The number of rotatable bonds is 3. The molecule has 21 heavy (non-hydrogen) atoms. The molecular weight excluding hydrogens is 277 g/mol. The lowest BCUT2D eigenvalue weighted by atomic mass is 10.0. The summed E-state index contributed by atoms with van der Waals surface area (Å²) in [5.74, 6) is -1.76. The third-order valence-electron chi connectivity index (χ3n) is 4.14. The number of morpholine rings is 1. The molecule has 1 N–H and O–H groups in total. The monoisotopic (exact) mass is 293 g/mol. The van der Waals surface area contributed by atoms with Crippen LogP contribution in [0.5, 0.6) is 0 Å². The lowest BCUT2D eigenvalue weighted by molar-refractivity contribution is -0.157. The van der Waals surface area contributed by atoms with Crippen molar-refractivity contribution in [1.82, 2.24) is 4.90 Å². The summed E-state index contributed by atoms with van der Waals surface area (Å²) in [5, 5.41) is 9.20. The van der Waals surface area contributed by atoms with Crippen molar-refractivity contribution in [1.29, 1.82) is 0 Å². The Morgan fingerprint density at radius 1 is 1.38 bits per heavy atom. The van der Waals surface area contributed by atoms with Crippen molar-refractivity contribution in [2.45, 2.75) is 18.9 Å². The van der Waals surface area contributed by atoms with Crippen LogP contribution in [0.1, 0.15) is 24.5 Å². The van der Waals surface area contributed by atoms with Gasteiger partial charge in [0.15, 0.2) is 0 Å². The molecule has 1 atom stereocenters. The average molecular weight is 293 g/mol. The van der Waals surface area contributed by atoms with E-state index in [2.05, 4.69) is 0 Å². The number of ether oxygens (including phenoxy) is 1. The number of amides is 1. The number of hydrogen-bond acceptors (Lipinski definition) is 3. The van der Waals surface area contributed by atoms with Crippen molar-refractivity contribution in [2.75, 3.05) is 19.7 Å². The van der Waals surface area contributed by atoms with Crippen LogP contribution in [-0.2, 0) is 14.3 Å². The lowest BCUT2D eigenvalue weighted by Crippen LogP contribution is -2.47. The number of hydrogen-bond donors (Lipinski definition) is 1. The summed E-state index contributed by atoms with van der Waals surface area (Å²) in [6.07, 6.45) is 0.370. The Kier molecular flexibility index (Phi) is 3.41. The molecule has 3 rings (SSSR count). The van der Waals surface area contributed by atoms with Crippen LogP contribution >= 0.6 is 0 Å². The number of aliphatic carboxylic acids is 1. The van der Waals surface area contributed by atoms with Gasteiger partial charge in [0.2, 0.25) is 5.91 Å². The molecule has 0 unspecified atom stereocenters. The molecule has 0 spiro atoms. The minimum absolute atomic E-state index is 0.261. The fourth-order valence-electron chi connectivity index (χ4n) is 2.69. The van der Waals surface area contributed by atoms with Gasteiger partial charge < -0.3 is 14.7 Å². The smallest absolute Gasteiger partial charge is 0.319 e. The standard InChI is InChI=1S/C15H16FNO4/c16-11-3-1-2-10(8-11)12-9-17(6-7-21-12)13(18)15(4-5-15)14(19)20/h1-3,8,12H,4-7,9H2,(H,19,20)/t12-/m1/s1. The van der Waals surface area contributed by atoms with Gasteiger partial charge in [0, 0.05) is 6.54 Å². The summed E-state index contributed by atoms with van der Waals surface area (Å²) in [4.78, 5) is 25.1. The van der Waals surface area contributed by atoms with Gasteiger partial charge in [-0.3, -0.25) is 9.59 Å². The first-order chi connectivity index (χ1) is 10.0. The van der Waals surface area contributed by atoms with E-state index in [9.17, 15) is 19.1 Å². The number of carboxylic acid groups (broad SMARTS) is 1. The average Bonchev–Trinajstić information content (AvgIpc) is 3.28. The number of carbonyl (C=O) groups excluding carboxylic acids is 1. The van der Waals surface area contributed by atoms with Gasteiger partial charge in [0.1, 0.15) is 17.3 Å². The minimum atomic E-state index is -1.23. The number of halogens is 1. The molecular formula is C15H16FNO4. The second kappa shape index (κ2) is 5.11. The normalized spacial score (nSPS) is 23.7. The molecule has 2 fully saturated rings. The van der Waals surface area contributed by atoms with Gasteiger partial charge in [0.25, 0.3) is 0 Å². The van der Waals surface area contributed by atoms with Crippen molar-refractivity contribution in [3.8, 4) is 0 Å². The van der Waals surface area contributed by atoms with Gasteiger partial charge in [-0.1, -0.05) is 12.1 Å². The van der Waals surface area contributed by atoms with E-state index in [4.69, 9.17) is 4.74 Å². The van der Waals surface area contributed by atoms with Gasteiger partial charge in [-0.2, -0.15) is 0 Å². The predicted octanol–water partition coefficient (Wildman–Crippen LogP) is 1.59. The molecule has 1 aromatic rings. The summed E-state index contributed by atoms with van der Waals surface area (Å²) in [7, 11) is 0. The highest BCUT2D eigenvalue weighted by molar-refractivity contribution is 6.04. The maximum atomic E-state index is 13.3. The SMILES string of the molecule is O=C(O)C1(C(=O)N2CCO[C@@H](c3cccc(F)c3)C2)CC1. The predicted molar refractivity (Wildman–Crippen MR) is 71.0 cm³/mol. The van der Waals surface area contributed by atoms with Crippen LogP contribution in [0.3, 0.4) is 0 Å². The quantitative estimate of drug-likeness (QED) is 0.859. The molecule has 0 radical (unpaired) electrons. The van der Waals surface area contributed by atoms with Crippen molar-refractivity contribution in [3.05, 3.63) is 35.6 Å². The van der Waals surface area contributed by atoms with Crippen LogP contribution in [0.2, 0.25) is 0 Å². The fourth-order valence-corrected chi connectivity index (χ4v) is 2.69. The second-order valence-corrected chi connectivity index (χ2v) is 5.55. The van der Waals surface area contributed by atoms with E-state index < -0.39 is 17.5 Å². The van der Waals surface area contributed by atoms with E-state index in [1.807, 2.05) is 0 Å². The highest BCUT2D eigenvalue weighted by Crippen LogP contribution is 2.48. The van der Waals surface area contributed by atoms with Crippen LogP contribution in [0.4, 0.5) is 4.39 Å². The molecule has 1 aromatic carbocycles. The van der Waals surface area contributed by atoms with Crippen LogP contribution in [-0.4, -0.2) is 41.6 Å². The Balaban J connectivity index is 1.74. The highest BCUT2D eigenvalue weighted by atomic mass is 19.1. The molecule has 0 bridgehead atoms. The van der Waals surface area contributed by atoms with E-state index in [1.165, 1.54) is 17.0 Å². The Morgan fingerprint density at radius 2 is 2.14 bits per heavy atom. The van der Waals surface area contributed by atoms with E-state index in [0.717, 1.165) is 0 Å². The summed E-state index contributed by atoms with van der Waals surface area (Å²) in [6, 6.07) is 6.06. The lowest BCUT2D eigenvalue weighted by Gasteiger charge is -2.34. The van der Waals surface area contributed by atoms with Crippen molar-refractivity contribution < 1.29 is 23.8 Å². The van der Waals surface area contributed by atoms with Gasteiger partial charge in [-0.25, -0.2) is 4.39 Å². The summed E-state index contributed by atoms with van der Waals surface area (Å²) >= 11 is 0. The van der Waals surface area contributed by atoms with Crippen LogP contribution in [0.25, 0.3) is 0 Å². The molecule has 2 aliphatic rings. The largest absolute Gasteiger partial charge is 0.480 e. The topological polar surface area (TPSA) is 66.8 Å². The zero-order valence-corrected chi connectivity index (χ0v) is 11.4. The Labute approximate surface area is 121 Å². The molecule has 1 heterocycles. The van der Waals surface area contributed by atoms with Crippen LogP contribution in [0.15, 0.2) is 24.3 Å². The Hall–Kier alpha value is -1.95. The number of benzene rings is 1. The molecule has 1 saturated heterocycles. The zero-order valence-electron chi connectivity index (χ0n) is 11.4. The van der Waals surface area contributed by atoms with Gasteiger partial charge >= 0.3 is 5.97 Å². The first kappa shape index (κ1) is 14.0. The molecule has 5 nitrogen and oxygen atoms in total. The van der Waals surface area contributed by atoms with E-state index in [1.54, 1.807) is 12.1 Å². The Morgan fingerprint density at radius 3 is 2.76 bits per heavy atom. The summed E-state index contributed by atoms with van der Waals surface area (Å²) < 4.78 is 18.9. The number of nitrogens with zero attached hydrogens (tertiary/aromatic N) is 1. The summed E-state index contributed by atoms with van der Waals surface area (Å²) in [6.45, 7) is 0.958. The molecule has 0 aromatic heterocycles. The van der Waals surface area contributed by atoms with E-state index >= 15 is 0 Å². The van der Waals surface area contributed by atoms with Crippen molar-refractivity contribution in [3.63, 3.8) is 0 Å². The molecule has 112 valence electrons. The third-order valence-corrected chi connectivity index (χ3v) is 4.14. The summed E-state index contributed by atoms with van der Waals surface area (Å²) in [5.41, 5.74) is -0.572. The maximum absolute atomic E-state index is 13.3. The highest BCUT2D eigenvalue weighted by Gasteiger charge is 2.58. The molecule has 1 saturated carbocycles. The minimum Gasteiger partial charge on any atom is -0.480 e. The third kappa shape index (κ3) is 2.51. The first-order valence-electron chi connectivity index (χ1n) is 6.93. The van der Waals surface area contributed by atoms with E-state index in [-0.39, 0.29) is 18.3 Å². The first-order valence-corrected chi connectivity index (χ1v) is 6.93. The molecule has 1 amide bonds. The molecule has 1 aliphatic heterocycles. The van der Waals surface area contributed by atoms with Crippen molar-refractivity contribution >= 4 is 11.9 Å². The Bertz CT molecular complexity index is 585. The van der Waals surface area contributed by atoms with E-state index in [0.29, 0.717) is 31.6 Å². The fraction of sp³-hybridized carbons (Fsp3) is 0.467. The van der Waals surface area contributed by atoms with Crippen molar-refractivity contribution in [2.24, 2.45) is 5.41 Å².